The van der Waals surface area contributed by atoms with Crippen molar-refractivity contribution in [3.63, 3.8) is 0 Å². The highest BCUT2D eigenvalue weighted by molar-refractivity contribution is 6.09. The van der Waals surface area contributed by atoms with E-state index >= 15 is 0 Å². The molecule has 1 amide bonds. The molecule has 1 atom stereocenters. The Morgan fingerprint density at radius 2 is 1.41 bits per heavy atom. The van der Waals surface area contributed by atoms with E-state index in [1.807, 2.05) is 0 Å². The molecule has 174 valence electrons. The number of carboxylic acids is 1. The summed E-state index contributed by atoms with van der Waals surface area (Å²) in [6.07, 6.45) is -0.863. The Morgan fingerprint density at radius 3 is 2.06 bits per heavy atom. The van der Waals surface area contributed by atoms with Gasteiger partial charge in [0.2, 0.25) is 5.82 Å². The number of Topliss-reactive ketones (excluding diaryl/α,β-unsaturated/α-hetero) is 1. The van der Waals surface area contributed by atoms with Crippen LogP contribution >= 0.6 is 0 Å². The number of carbonyl (C=O) groups excluding carboxylic acids is 2. The summed E-state index contributed by atoms with van der Waals surface area (Å²) in [5.41, 5.74) is -0.787. The van der Waals surface area contributed by atoms with Crippen LogP contribution in [0.5, 0.6) is 0 Å². The Morgan fingerprint density at radius 1 is 0.824 bits per heavy atom. The van der Waals surface area contributed by atoms with Crippen LogP contribution in [0.3, 0.4) is 0 Å². The van der Waals surface area contributed by atoms with Crippen LogP contribution in [0.25, 0.3) is 21.9 Å². The molecular formula is C23H12F5NO5. The highest BCUT2D eigenvalue weighted by Gasteiger charge is 2.32. The van der Waals surface area contributed by atoms with Gasteiger partial charge in [-0.3, -0.25) is 9.59 Å². The summed E-state index contributed by atoms with van der Waals surface area (Å²) in [7, 11) is 0. The molecule has 0 fully saturated rings. The molecule has 0 saturated heterocycles. The molecule has 0 radical (unpaired) electrons. The van der Waals surface area contributed by atoms with Gasteiger partial charge in [-0.25, -0.2) is 26.7 Å². The van der Waals surface area contributed by atoms with E-state index < -0.39 is 64.8 Å². The lowest BCUT2D eigenvalue weighted by Crippen LogP contribution is -2.43. The molecule has 0 spiro atoms. The van der Waals surface area contributed by atoms with Gasteiger partial charge < -0.3 is 14.8 Å². The van der Waals surface area contributed by atoms with Gasteiger partial charge in [0.05, 0.1) is 0 Å². The lowest BCUT2D eigenvalue weighted by Gasteiger charge is -2.15. The SMILES string of the molecule is O=C(CC(NC(=O)c1c(F)c(F)c(F)c(F)c1F)C(=O)O)c1ccc2oc3ccccc3c2c1. The molecule has 6 nitrogen and oxygen atoms in total. The maximum atomic E-state index is 13.9. The van der Waals surface area contributed by atoms with E-state index in [1.54, 1.807) is 29.6 Å². The number of hydrogen-bond acceptors (Lipinski definition) is 4. The second-order valence-electron chi connectivity index (χ2n) is 7.25. The standard InChI is InChI=1S/C23H12F5NO5/c24-17-16(18(25)20(27)21(28)19(17)26)22(31)29-12(23(32)33)8-13(30)9-5-6-15-11(7-9)10-3-1-2-4-14(10)34-15/h1-7,12H,8H2,(H,29,31)(H,32,33). The number of amides is 1. The molecule has 4 rings (SSSR count). The first-order valence-corrected chi connectivity index (χ1v) is 9.59. The average molecular weight is 477 g/mol. The summed E-state index contributed by atoms with van der Waals surface area (Å²) < 4.78 is 73.3. The third-order valence-corrected chi connectivity index (χ3v) is 5.13. The number of para-hydroxylation sites is 1. The number of furan rings is 1. The number of halogens is 5. The summed E-state index contributed by atoms with van der Waals surface area (Å²) in [5.74, 6) is -16.5. The van der Waals surface area contributed by atoms with Gasteiger partial charge in [-0.2, -0.15) is 0 Å². The van der Waals surface area contributed by atoms with Crippen LogP contribution in [0.1, 0.15) is 27.1 Å². The Bertz CT molecular complexity index is 1470. The van der Waals surface area contributed by atoms with Gasteiger partial charge in [-0.1, -0.05) is 18.2 Å². The van der Waals surface area contributed by atoms with E-state index in [1.165, 1.54) is 18.2 Å². The molecule has 11 heteroatoms. The fraction of sp³-hybridized carbons (Fsp3) is 0.0870. The second kappa shape index (κ2) is 8.58. The minimum absolute atomic E-state index is 0.0517. The van der Waals surface area contributed by atoms with Gasteiger partial charge in [0.15, 0.2) is 29.1 Å². The van der Waals surface area contributed by atoms with E-state index in [9.17, 15) is 41.4 Å². The Kier molecular flexibility index (Phi) is 5.78. The predicted molar refractivity (Wildman–Crippen MR) is 108 cm³/mol. The molecular weight excluding hydrogens is 465 g/mol. The van der Waals surface area contributed by atoms with Gasteiger partial charge in [0.25, 0.3) is 5.91 Å². The number of ketones is 1. The van der Waals surface area contributed by atoms with E-state index in [4.69, 9.17) is 4.42 Å². The minimum Gasteiger partial charge on any atom is -0.480 e. The second-order valence-corrected chi connectivity index (χ2v) is 7.25. The van der Waals surface area contributed by atoms with Crippen molar-refractivity contribution in [2.75, 3.05) is 0 Å². The number of carbonyl (C=O) groups is 3. The molecule has 3 aromatic carbocycles. The first-order valence-electron chi connectivity index (χ1n) is 9.59. The number of rotatable bonds is 6. The van der Waals surface area contributed by atoms with Crippen molar-refractivity contribution in [1.82, 2.24) is 5.32 Å². The van der Waals surface area contributed by atoms with Crippen molar-refractivity contribution in [3.8, 4) is 0 Å². The summed E-state index contributed by atoms with van der Waals surface area (Å²) in [6, 6.07) is 9.25. The maximum absolute atomic E-state index is 13.9. The summed E-state index contributed by atoms with van der Waals surface area (Å²) in [5, 5.41) is 12.3. The largest absolute Gasteiger partial charge is 0.480 e. The van der Waals surface area contributed by atoms with Crippen molar-refractivity contribution in [2.45, 2.75) is 12.5 Å². The molecule has 4 aromatic rings. The Labute approximate surface area is 186 Å². The Hall–Kier alpha value is -4.28. The number of hydrogen-bond donors (Lipinski definition) is 2. The Balaban J connectivity index is 1.61. The van der Waals surface area contributed by atoms with Crippen LogP contribution in [0.2, 0.25) is 0 Å². The van der Waals surface area contributed by atoms with E-state index in [-0.39, 0.29) is 5.56 Å². The van der Waals surface area contributed by atoms with E-state index in [0.717, 1.165) is 0 Å². The first kappa shape index (κ1) is 22.9. The van der Waals surface area contributed by atoms with Crippen molar-refractivity contribution >= 4 is 39.6 Å². The molecule has 1 unspecified atom stereocenters. The van der Waals surface area contributed by atoms with Crippen LogP contribution in [-0.4, -0.2) is 28.8 Å². The number of aliphatic carboxylic acids is 1. The van der Waals surface area contributed by atoms with Crippen molar-refractivity contribution < 1.29 is 45.9 Å². The molecule has 0 bridgehead atoms. The van der Waals surface area contributed by atoms with Crippen LogP contribution in [0.15, 0.2) is 46.9 Å². The summed E-state index contributed by atoms with van der Waals surface area (Å²) in [6.45, 7) is 0. The fourth-order valence-electron chi connectivity index (χ4n) is 3.44. The molecule has 2 N–H and O–H groups in total. The van der Waals surface area contributed by atoms with Crippen LogP contribution in [0, 0.1) is 29.1 Å². The lowest BCUT2D eigenvalue weighted by atomic mass is 10.0. The highest BCUT2D eigenvalue weighted by Crippen LogP contribution is 2.29. The average Bonchev–Trinajstić information content (AvgIpc) is 3.19. The van der Waals surface area contributed by atoms with Crippen LogP contribution in [0.4, 0.5) is 22.0 Å². The minimum atomic E-state index is -2.47. The monoisotopic (exact) mass is 477 g/mol. The molecule has 0 saturated carbocycles. The lowest BCUT2D eigenvalue weighted by molar-refractivity contribution is -0.139. The number of fused-ring (bicyclic) bond motifs is 3. The normalized spacial score (nSPS) is 12.1. The molecule has 0 aliphatic carbocycles. The molecule has 1 heterocycles. The topological polar surface area (TPSA) is 96.6 Å². The van der Waals surface area contributed by atoms with Gasteiger partial charge in [-0.15, -0.1) is 0 Å². The van der Waals surface area contributed by atoms with Gasteiger partial charge in [0.1, 0.15) is 22.8 Å². The number of carboxylic acid groups (broad SMARTS) is 1. The smallest absolute Gasteiger partial charge is 0.326 e. The molecule has 1 aromatic heterocycles. The van der Waals surface area contributed by atoms with E-state index in [0.29, 0.717) is 21.9 Å². The van der Waals surface area contributed by atoms with Crippen LogP contribution in [-0.2, 0) is 4.79 Å². The quantitative estimate of drug-likeness (QED) is 0.181. The van der Waals surface area contributed by atoms with Gasteiger partial charge >= 0.3 is 5.97 Å². The fourth-order valence-corrected chi connectivity index (χ4v) is 3.44. The van der Waals surface area contributed by atoms with Crippen molar-refractivity contribution in [1.29, 1.82) is 0 Å². The molecule has 34 heavy (non-hydrogen) atoms. The molecule has 0 aliphatic heterocycles. The zero-order valence-corrected chi connectivity index (χ0v) is 16.8. The van der Waals surface area contributed by atoms with Gasteiger partial charge in [-0.05, 0) is 24.3 Å². The van der Waals surface area contributed by atoms with Gasteiger partial charge in [0, 0.05) is 22.8 Å². The maximum Gasteiger partial charge on any atom is 0.326 e. The zero-order chi connectivity index (χ0) is 24.7. The summed E-state index contributed by atoms with van der Waals surface area (Å²) in [4.78, 5) is 36.4. The van der Waals surface area contributed by atoms with Crippen molar-refractivity contribution in [2.24, 2.45) is 0 Å². The van der Waals surface area contributed by atoms with Crippen molar-refractivity contribution in [3.05, 3.63) is 82.7 Å². The van der Waals surface area contributed by atoms with Crippen LogP contribution < -0.4 is 5.32 Å². The first-order chi connectivity index (χ1) is 16.1. The van der Waals surface area contributed by atoms with E-state index in [2.05, 4.69) is 0 Å². The molecule has 0 aliphatic rings. The number of nitrogens with one attached hydrogen (secondary N) is 1. The number of benzene rings is 3. The zero-order valence-electron chi connectivity index (χ0n) is 16.8. The third-order valence-electron chi connectivity index (χ3n) is 5.13. The summed E-state index contributed by atoms with van der Waals surface area (Å²) >= 11 is 0. The third kappa shape index (κ3) is 3.85. The predicted octanol–water partition coefficient (Wildman–Crippen LogP) is 4.74. The highest BCUT2D eigenvalue weighted by atomic mass is 19.2.